The molecule has 0 radical (unpaired) electrons. The molecule has 0 spiro atoms. The van der Waals surface area contributed by atoms with E-state index in [1.165, 1.54) is 16.9 Å². The Hall–Kier alpha value is -1.13. The number of hydrogen-bond acceptors (Lipinski definition) is 2. The van der Waals surface area contributed by atoms with Crippen molar-refractivity contribution in [2.24, 2.45) is 0 Å². The van der Waals surface area contributed by atoms with Gasteiger partial charge in [-0.25, -0.2) is 0 Å². The molecule has 1 heterocycles. The number of aryl methyl sites for hydroxylation is 1. The first-order valence-electron chi connectivity index (χ1n) is 6.57. The van der Waals surface area contributed by atoms with Crippen LogP contribution in [0.1, 0.15) is 36.2 Å². The van der Waals surface area contributed by atoms with Crippen LogP contribution in [0, 0.1) is 0 Å². The first-order chi connectivity index (χ1) is 9.46. The van der Waals surface area contributed by atoms with Crippen molar-refractivity contribution in [1.82, 2.24) is 5.32 Å². The Labute approximate surface area is 132 Å². The van der Waals surface area contributed by atoms with Crippen molar-refractivity contribution in [3.63, 3.8) is 0 Å². The minimum Gasteiger partial charge on any atom is -0.347 e. The summed E-state index contributed by atoms with van der Waals surface area (Å²) in [4.78, 5) is 12.2. The predicted octanol–water partition coefficient (Wildman–Crippen LogP) is 4.65. The summed E-state index contributed by atoms with van der Waals surface area (Å²) in [6, 6.07) is 12.2. The van der Waals surface area contributed by atoms with Crippen LogP contribution in [-0.2, 0) is 6.42 Å². The molecule has 0 unspecified atom stereocenters. The summed E-state index contributed by atoms with van der Waals surface area (Å²) in [5.41, 5.74) is 1.80. The largest absolute Gasteiger partial charge is 0.347 e. The van der Waals surface area contributed by atoms with Crippen molar-refractivity contribution < 1.29 is 4.79 Å². The number of rotatable bonds is 5. The topological polar surface area (TPSA) is 29.1 Å². The maximum Gasteiger partial charge on any atom is 0.252 e. The van der Waals surface area contributed by atoms with Gasteiger partial charge in [0.2, 0.25) is 0 Å². The average Bonchev–Trinajstić information content (AvgIpc) is 2.84. The Morgan fingerprint density at radius 3 is 2.60 bits per heavy atom. The molecule has 0 aliphatic carbocycles. The zero-order valence-corrected chi connectivity index (χ0v) is 14.1. The van der Waals surface area contributed by atoms with E-state index >= 15 is 0 Å². The number of halogens is 1. The monoisotopic (exact) mass is 351 g/mol. The van der Waals surface area contributed by atoms with Crippen LogP contribution in [0.15, 0.2) is 45.6 Å². The van der Waals surface area contributed by atoms with Gasteiger partial charge in [-0.2, -0.15) is 0 Å². The van der Waals surface area contributed by atoms with Crippen molar-refractivity contribution in [3.8, 4) is 0 Å². The molecule has 0 atom stereocenters. The predicted molar refractivity (Wildman–Crippen MR) is 88.3 cm³/mol. The van der Waals surface area contributed by atoms with Crippen LogP contribution in [-0.4, -0.2) is 11.4 Å². The second-order valence-electron chi connectivity index (χ2n) is 5.46. The molecule has 106 valence electrons. The van der Waals surface area contributed by atoms with Crippen LogP contribution in [0.2, 0.25) is 0 Å². The van der Waals surface area contributed by atoms with E-state index in [-0.39, 0.29) is 11.4 Å². The molecule has 2 aromatic rings. The third kappa shape index (κ3) is 4.46. The Kier molecular flexibility index (Phi) is 5.00. The molecule has 0 aliphatic heterocycles. The molecular weight excluding hydrogens is 334 g/mol. The fraction of sp³-hybridized carbons (Fsp3) is 0.312. The van der Waals surface area contributed by atoms with E-state index in [1.54, 1.807) is 0 Å². The first-order valence-corrected chi connectivity index (χ1v) is 8.24. The second kappa shape index (κ2) is 6.55. The molecule has 0 aliphatic rings. The molecule has 1 N–H and O–H groups in total. The Bertz CT molecular complexity index is 577. The molecule has 0 bridgehead atoms. The van der Waals surface area contributed by atoms with Gasteiger partial charge in [0.25, 0.3) is 5.91 Å². The number of hydrogen-bond donors (Lipinski definition) is 1. The molecule has 1 aromatic carbocycles. The molecular formula is C16H18BrNOS. The average molecular weight is 352 g/mol. The van der Waals surface area contributed by atoms with Gasteiger partial charge in [0, 0.05) is 10.9 Å². The number of benzene rings is 1. The van der Waals surface area contributed by atoms with E-state index in [4.69, 9.17) is 0 Å². The first kappa shape index (κ1) is 15.3. The van der Waals surface area contributed by atoms with E-state index in [0.29, 0.717) is 0 Å². The highest BCUT2D eigenvalue weighted by Crippen LogP contribution is 2.21. The van der Waals surface area contributed by atoms with Crippen molar-refractivity contribution in [1.29, 1.82) is 0 Å². The summed E-state index contributed by atoms with van der Waals surface area (Å²) < 4.78 is 0.977. The SMILES string of the molecule is CC(C)(CCc1ccccc1)NC(=O)c1csc(Br)c1. The summed E-state index contributed by atoms with van der Waals surface area (Å²) in [6.07, 6.45) is 1.87. The highest BCUT2D eigenvalue weighted by atomic mass is 79.9. The molecule has 1 amide bonds. The number of carbonyl (C=O) groups is 1. The Balaban J connectivity index is 1.92. The van der Waals surface area contributed by atoms with Crippen molar-refractivity contribution in [2.45, 2.75) is 32.2 Å². The smallest absolute Gasteiger partial charge is 0.252 e. The number of nitrogens with one attached hydrogen (secondary N) is 1. The van der Waals surface area contributed by atoms with E-state index < -0.39 is 0 Å². The van der Waals surface area contributed by atoms with Gasteiger partial charge in [-0.05, 0) is 54.2 Å². The minimum absolute atomic E-state index is 0.00925. The Morgan fingerprint density at radius 2 is 2.00 bits per heavy atom. The molecule has 0 saturated heterocycles. The van der Waals surface area contributed by atoms with Gasteiger partial charge in [0.1, 0.15) is 0 Å². The van der Waals surface area contributed by atoms with Gasteiger partial charge in [-0.1, -0.05) is 30.3 Å². The fourth-order valence-electron chi connectivity index (χ4n) is 1.97. The van der Waals surface area contributed by atoms with E-state index in [0.717, 1.165) is 22.2 Å². The Morgan fingerprint density at radius 1 is 1.30 bits per heavy atom. The van der Waals surface area contributed by atoms with Crippen LogP contribution in [0.4, 0.5) is 0 Å². The maximum absolute atomic E-state index is 12.2. The third-order valence-electron chi connectivity index (χ3n) is 3.16. The lowest BCUT2D eigenvalue weighted by Crippen LogP contribution is -2.43. The van der Waals surface area contributed by atoms with Crippen molar-refractivity contribution in [3.05, 3.63) is 56.7 Å². The van der Waals surface area contributed by atoms with Gasteiger partial charge >= 0.3 is 0 Å². The molecule has 4 heteroatoms. The highest BCUT2D eigenvalue weighted by molar-refractivity contribution is 9.11. The van der Waals surface area contributed by atoms with E-state index in [2.05, 4.69) is 47.2 Å². The standard InChI is InChI=1S/C16H18BrNOS/c1-16(2,9-8-12-6-4-3-5-7-12)18-15(19)13-10-14(17)20-11-13/h3-7,10-11H,8-9H2,1-2H3,(H,18,19). The zero-order chi connectivity index (χ0) is 14.6. The second-order valence-corrected chi connectivity index (χ2v) is 7.75. The van der Waals surface area contributed by atoms with Crippen LogP contribution >= 0.6 is 27.3 Å². The summed E-state index contributed by atoms with van der Waals surface area (Å²) in [6.45, 7) is 4.13. The van der Waals surface area contributed by atoms with Gasteiger partial charge in [0.15, 0.2) is 0 Å². The summed E-state index contributed by atoms with van der Waals surface area (Å²) >= 11 is 4.90. The molecule has 1 aromatic heterocycles. The van der Waals surface area contributed by atoms with Crippen LogP contribution in [0.3, 0.4) is 0 Å². The molecule has 2 rings (SSSR count). The maximum atomic E-state index is 12.2. The highest BCUT2D eigenvalue weighted by Gasteiger charge is 2.21. The van der Waals surface area contributed by atoms with Crippen LogP contribution in [0.5, 0.6) is 0 Å². The summed E-state index contributed by atoms with van der Waals surface area (Å²) in [5.74, 6) is -0.00925. The van der Waals surface area contributed by atoms with Gasteiger partial charge in [-0.15, -0.1) is 11.3 Å². The van der Waals surface area contributed by atoms with Crippen LogP contribution in [0.25, 0.3) is 0 Å². The van der Waals surface area contributed by atoms with E-state index in [1.807, 2.05) is 29.6 Å². The fourth-order valence-corrected chi connectivity index (χ4v) is 3.11. The zero-order valence-electron chi connectivity index (χ0n) is 11.7. The van der Waals surface area contributed by atoms with Gasteiger partial charge in [0.05, 0.1) is 9.35 Å². The lowest BCUT2D eigenvalue weighted by atomic mass is 9.95. The summed E-state index contributed by atoms with van der Waals surface area (Å²) in [7, 11) is 0. The number of carbonyl (C=O) groups excluding carboxylic acids is 1. The van der Waals surface area contributed by atoms with Crippen LogP contribution < -0.4 is 5.32 Å². The molecule has 20 heavy (non-hydrogen) atoms. The number of thiophene rings is 1. The van der Waals surface area contributed by atoms with Crippen molar-refractivity contribution >= 4 is 33.2 Å². The lowest BCUT2D eigenvalue weighted by Gasteiger charge is -2.26. The minimum atomic E-state index is -0.221. The summed E-state index contributed by atoms with van der Waals surface area (Å²) in [5, 5.41) is 4.97. The molecule has 2 nitrogen and oxygen atoms in total. The van der Waals surface area contributed by atoms with Crippen molar-refractivity contribution in [2.75, 3.05) is 0 Å². The quantitative estimate of drug-likeness (QED) is 0.834. The third-order valence-corrected chi connectivity index (χ3v) is 4.67. The van der Waals surface area contributed by atoms with Gasteiger partial charge < -0.3 is 5.32 Å². The molecule has 0 fully saturated rings. The normalized spacial score (nSPS) is 11.3. The van der Waals surface area contributed by atoms with Gasteiger partial charge in [-0.3, -0.25) is 4.79 Å². The lowest BCUT2D eigenvalue weighted by molar-refractivity contribution is 0.0910. The molecule has 0 saturated carbocycles. The van der Waals surface area contributed by atoms with E-state index in [9.17, 15) is 4.79 Å². The number of amides is 1.